The molecule has 0 aliphatic carbocycles. The minimum atomic E-state index is -4.76. The van der Waals surface area contributed by atoms with Gasteiger partial charge in [-0.25, -0.2) is 8.42 Å². The smallest absolute Gasteiger partial charge is 0.350 e. The van der Waals surface area contributed by atoms with Crippen LogP contribution in [-0.4, -0.2) is 43.3 Å². The quantitative estimate of drug-likeness (QED) is 0.192. The van der Waals surface area contributed by atoms with E-state index in [1.165, 1.54) is 35.2 Å². The van der Waals surface area contributed by atoms with Gasteiger partial charge >= 0.3 is 6.18 Å². The summed E-state index contributed by atoms with van der Waals surface area (Å²) in [7, 11) is -4.54. The standard InChI is InChI=1S/C36H38F3N3O4S/c1-26-14-11-12-17-28(26)24-41(32(34(44)40-35(2,3)4)22-27-15-7-5-8-16-27)33(43)25-42(47(45,46)31-20-9-6-10-21-31)30-19-13-18-29(23-30)36(37,38)39/h5-21,23,32H,22,24-25H2,1-4H3,(H,40,44). The molecule has 1 unspecified atom stereocenters. The average molecular weight is 666 g/mol. The summed E-state index contributed by atoms with van der Waals surface area (Å²) in [4.78, 5) is 29.6. The van der Waals surface area contributed by atoms with Gasteiger partial charge in [0.1, 0.15) is 12.6 Å². The fourth-order valence-electron chi connectivity index (χ4n) is 5.06. The molecule has 0 aliphatic rings. The predicted octanol–water partition coefficient (Wildman–Crippen LogP) is 6.76. The Labute approximate surface area is 274 Å². The van der Waals surface area contributed by atoms with Gasteiger partial charge in [-0.2, -0.15) is 13.2 Å². The summed E-state index contributed by atoms with van der Waals surface area (Å²) in [5, 5.41) is 2.95. The average Bonchev–Trinajstić information content (AvgIpc) is 3.02. The van der Waals surface area contributed by atoms with Crippen LogP contribution < -0.4 is 9.62 Å². The highest BCUT2D eigenvalue weighted by Gasteiger charge is 2.37. The van der Waals surface area contributed by atoms with Crippen molar-refractivity contribution in [1.29, 1.82) is 0 Å². The monoisotopic (exact) mass is 665 g/mol. The van der Waals surface area contributed by atoms with Crippen LogP contribution >= 0.6 is 0 Å². The number of hydrogen-bond donors (Lipinski definition) is 1. The Hall–Kier alpha value is -4.64. The molecule has 0 bridgehead atoms. The molecule has 0 heterocycles. The molecule has 0 fully saturated rings. The first-order valence-electron chi connectivity index (χ1n) is 15.0. The Morgan fingerprint density at radius 3 is 2.00 bits per heavy atom. The van der Waals surface area contributed by atoms with Gasteiger partial charge in [0.2, 0.25) is 11.8 Å². The van der Waals surface area contributed by atoms with Crippen LogP contribution in [0.25, 0.3) is 0 Å². The van der Waals surface area contributed by atoms with Gasteiger partial charge in [0.25, 0.3) is 10.0 Å². The molecule has 1 atom stereocenters. The molecule has 1 N–H and O–H groups in total. The van der Waals surface area contributed by atoms with E-state index < -0.39 is 51.7 Å². The molecule has 4 aromatic rings. The fraction of sp³-hybridized carbons (Fsp3) is 0.278. The van der Waals surface area contributed by atoms with E-state index in [4.69, 9.17) is 0 Å². The summed E-state index contributed by atoms with van der Waals surface area (Å²) in [5.41, 5.74) is 0.247. The predicted molar refractivity (Wildman–Crippen MR) is 176 cm³/mol. The Balaban J connectivity index is 1.86. The van der Waals surface area contributed by atoms with Crippen molar-refractivity contribution in [2.45, 2.75) is 63.3 Å². The third kappa shape index (κ3) is 9.22. The van der Waals surface area contributed by atoms with Gasteiger partial charge in [-0.05, 0) is 74.7 Å². The van der Waals surface area contributed by atoms with Crippen LogP contribution in [0.4, 0.5) is 18.9 Å². The van der Waals surface area contributed by atoms with Crippen molar-refractivity contribution in [2.75, 3.05) is 10.8 Å². The lowest BCUT2D eigenvalue weighted by molar-refractivity contribution is -0.140. The molecule has 0 saturated heterocycles. The maximum Gasteiger partial charge on any atom is 0.416 e. The second-order valence-electron chi connectivity index (χ2n) is 12.3. The Kier molecular flexibility index (Phi) is 10.8. The number of nitrogens with zero attached hydrogens (tertiary/aromatic N) is 2. The van der Waals surface area contributed by atoms with Gasteiger partial charge < -0.3 is 10.2 Å². The highest BCUT2D eigenvalue weighted by atomic mass is 32.2. The Morgan fingerprint density at radius 1 is 0.809 bits per heavy atom. The van der Waals surface area contributed by atoms with Crippen molar-refractivity contribution in [2.24, 2.45) is 0 Å². The molecular weight excluding hydrogens is 627 g/mol. The first-order valence-corrected chi connectivity index (χ1v) is 16.5. The number of sulfonamides is 1. The Morgan fingerprint density at radius 2 is 1.40 bits per heavy atom. The molecular formula is C36H38F3N3O4S. The maximum atomic E-state index is 14.5. The number of aryl methyl sites for hydroxylation is 1. The molecule has 0 aliphatic heterocycles. The summed E-state index contributed by atoms with van der Waals surface area (Å²) in [6.07, 6.45) is -4.65. The zero-order valence-corrected chi connectivity index (χ0v) is 27.5. The second-order valence-corrected chi connectivity index (χ2v) is 14.1. The number of hydrogen-bond acceptors (Lipinski definition) is 4. The van der Waals surface area contributed by atoms with Gasteiger partial charge in [0, 0.05) is 18.5 Å². The van der Waals surface area contributed by atoms with Crippen molar-refractivity contribution >= 4 is 27.5 Å². The lowest BCUT2D eigenvalue weighted by atomic mass is 10.00. The Bertz CT molecular complexity index is 1790. The van der Waals surface area contributed by atoms with Crippen LogP contribution in [-0.2, 0) is 38.8 Å². The van der Waals surface area contributed by atoms with Crippen LogP contribution in [0.1, 0.15) is 43.0 Å². The van der Waals surface area contributed by atoms with E-state index in [1.807, 2.05) is 55.5 Å². The van der Waals surface area contributed by atoms with Crippen LogP contribution in [0.2, 0.25) is 0 Å². The van der Waals surface area contributed by atoms with E-state index in [2.05, 4.69) is 5.32 Å². The van der Waals surface area contributed by atoms with Gasteiger partial charge in [-0.3, -0.25) is 13.9 Å². The number of nitrogens with one attached hydrogen (secondary N) is 1. The first-order chi connectivity index (χ1) is 22.1. The van der Waals surface area contributed by atoms with Crippen molar-refractivity contribution in [3.63, 3.8) is 0 Å². The van der Waals surface area contributed by atoms with Gasteiger partial charge in [-0.1, -0.05) is 78.9 Å². The number of benzene rings is 4. The molecule has 11 heteroatoms. The summed E-state index contributed by atoms with van der Waals surface area (Å²) in [6, 6.07) is 26.3. The normalized spacial score (nSPS) is 12.7. The number of rotatable bonds is 11. The number of amides is 2. The van der Waals surface area contributed by atoms with Gasteiger partial charge in [0.15, 0.2) is 0 Å². The van der Waals surface area contributed by atoms with Gasteiger partial charge in [0.05, 0.1) is 16.1 Å². The van der Waals surface area contributed by atoms with E-state index >= 15 is 0 Å². The topological polar surface area (TPSA) is 86.8 Å². The van der Waals surface area contributed by atoms with Crippen LogP contribution in [0, 0.1) is 6.92 Å². The molecule has 7 nitrogen and oxygen atoms in total. The number of alkyl halides is 3. The summed E-state index contributed by atoms with van der Waals surface area (Å²) in [6.45, 7) is 6.36. The highest BCUT2D eigenvalue weighted by Crippen LogP contribution is 2.33. The molecule has 2 amide bonds. The van der Waals surface area contributed by atoms with E-state index in [1.54, 1.807) is 32.9 Å². The van der Waals surface area contributed by atoms with E-state index in [0.29, 0.717) is 10.4 Å². The van der Waals surface area contributed by atoms with Crippen molar-refractivity contribution in [3.8, 4) is 0 Å². The van der Waals surface area contributed by atoms with Crippen LogP contribution in [0.5, 0.6) is 0 Å². The minimum Gasteiger partial charge on any atom is -0.350 e. The molecule has 0 saturated carbocycles. The second kappa shape index (κ2) is 14.4. The minimum absolute atomic E-state index is 0.0532. The van der Waals surface area contributed by atoms with Crippen LogP contribution in [0.15, 0.2) is 114 Å². The zero-order chi connectivity index (χ0) is 34.4. The first kappa shape index (κ1) is 35.2. The molecule has 47 heavy (non-hydrogen) atoms. The largest absolute Gasteiger partial charge is 0.416 e. The molecule has 0 radical (unpaired) electrons. The molecule has 0 aromatic heterocycles. The molecule has 0 spiro atoms. The number of carbonyl (C=O) groups is 2. The summed E-state index contributed by atoms with van der Waals surface area (Å²) in [5.74, 6) is -1.23. The summed E-state index contributed by atoms with van der Waals surface area (Å²) < 4.78 is 70.1. The molecule has 248 valence electrons. The van der Waals surface area contributed by atoms with Crippen molar-refractivity contribution < 1.29 is 31.2 Å². The molecule has 4 rings (SSSR count). The third-order valence-electron chi connectivity index (χ3n) is 7.44. The van der Waals surface area contributed by atoms with Crippen LogP contribution in [0.3, 0.4) is 0 Å². The van der Waals surface area contributed by atoms with Crippen molar-refractivity contribution in [1.82, 2.24) is 10.2 Å². The number of anilines is 1. The summed E-state index contributed by atoms with van der Waals surface area (Å²) >= 11 is 0. The fourth-order valence-corrected chi connectivity index (χ4v) is 6.49. The molecule has 4 aromatic carbocycles. The van der Waals surface area contributed by atoms with E-state index in [0.717, 1.165) is 28.8 Å². The lowest BCUT2D eigenvalue weighted by Crippen LogP contribution is -2.56. The van der Waals surface area contributed by atoms with Crippen molar-refractivity contribution in [3.05, 3.63) is 131 Å². The maximum absolute atomic E-state index is 14.5. The zero-order valence-electron chi connectivity index (χ0n) is 26.7. The third-order valence-corrected chi connectivity index (χ3v) is 9.23. The number of halogens is 3. The SMILES string of the molecule is Cc1ccccc1CN(C(=O)CN(c1cccc(C(F)(F)F)c1)S(=O)(=O)c1ccccc1)C(Cc1ccccc1)C(=O)NC(C)(C)C. The number of carbonyl (C=O) groups excluding carboxylic acids is 2. The van der Waals surface area contributed by atoms with E-state index in [-0.39, 0.29) is 23.5 Å². The lowest BCUT2D eigenvalue weighted by Gasteiger charge is -2.35. The van der Waals surface area contributed by atoms with E-state index in [9.17, 15) is 31.2 Å². The van der Waals surface area contributed by atoms with Gasteiger partial charge in [-0.15, -0.1) is 0 Å². The highest BCUT2D eigenvalue weighted by molar-refractivity contribution is 7.92.